The third-order valence-corrected chi connectivity index (χ3v) is 3.32. The smallest absolute Gasteiger partial charge is 0.256 e. The summed E-state index contributed by atoms with van der Waals surface area (Å²) in [5, 5.41) is 12.6. The van der Waals surface area contributed by atoms with Gasteiger partial charge >= 0.3 is 0 Å². The molecule has 1 aromatic rings. The van der Waals surface area contributed by atoms with Gasteiger partial charge in [0.15, 0.2) is 0 Å². The van der Waals surface area contributed by atoms with Crippen molar-refractivity contribution in [1.82, 2.24) is 9.88 Å². The summed E-state index contributed by atoms with van der Waals surface area (Å²) < 4.78 is 5.30. The minimum atomic E-state index is -0.275. The number of ether oxygens (including phenoxy) is 1. The number of aliphatic hydroxyl groups is 1. The molecule has 1 saturated heterocycles. The monoisotopic (exact) mass is 279 g/mol. The number of hydrogen-bond acceptors (Lipinski definition) is 5. The van der Waals surface area contributed by atoms with Gasteiger partial charge in [0.05, 0.1) is 43.3 Å². The molecule has 110 valence electrons. The molecule has 0 saturated carbocycles. The number of nitrogens with zero attached hydrogens (tertiary/aromatic N) is 2. The standard InChI is InChI=1S/C14H21N3O3/c1-2-4-16-13-8-15-5-3-12(13)14(19)17-6-7-20-10-11(17)9-18/h3,5,8,11,16,18H,2,4,6-7,9-10H2,1H3. The molecule has 0 aromatic carbocycles. The summed E-state index contributed by atoms with van der Waals surface area (Å²) in [4.78, 5) is 18.4. The van der Waals surface area contributed by atoms with Crippen molar-refractivity contribution in [3.05, 3.63) is 24.0 Å². The highest BCUT2D eigenvalue weighted by atomic mass is 16.5. The van der Waals surface area contributed by atoms with Gasteiger partial charge in [0, 0.05) is 19.3 Å². The first-order chi connectivity index (χ1) is 9.77. The maximum atomic E-state index is 12.6. The van der Waals surface area contributed by atoms with E-state index in [-0.39, 0.29) is 18.6 Å². The number of rotatable bonds is 5. The van der Waals surface area contributed by atoms with Crippen LogP contribution >= 0.6 is 0 Å². The Morgan fingerprint density at radius 2 is 2.50 bits per heavy atom. The summed E-state index contributed by atoms with van der Waals surface area (Å²) in [6.07, 6.45) is 4.25. The minimum Gasteiger partial charge on any atom is -0.394 e. The average Bonchev–Trinajstić information content (AvgIpc) is 2.52. The van der Waals surface area contributed by atoms with Crippen LogP contribution in [0.4, 0.5) is 5.69 Å². The van der Waals surface area contributed by atoms with Crippen molar-refractivity contribution in [2.45, 2.75) is 19.4 Å². The van der Waals surface area contributed by atoms with Gasteiger partial charge in [-0.15, -0.1) is 0 Å². The highest BCUT2D eigenvalue weighted by Crippen LogP contribution is 2.19. The second kappa shape index (κ2) is 7.21. The summed E-state index contributed by atoms with van der Waals surface area (Å²) in [6.45, 7) is 4.15. The van der Waals surface area contributed by atoms with Gasteiger partial charge in [-0.1, -0.05) is 6.92 Å². The van der Waals surface area contributed by atoms with Crippen LogP contribution in [0.3, 0.4) is 0 Å². The van der Waals surface area contributed by atoms with Crippen LogP contribution in [0.1, 0.15) is 23.7 Å². The Morgan fingerprint density at radius 3 is 3.25 bits per heavy atom. The number of morpholine rings is 1. The molecule has 6 nitrogen and oxygen atoms in total. The van der Waals surface area contributed by atoms with E-state index in [0.717, 1.165) is 18.7 Å². The van der Waals surface area contributed by atoms with Crippen molar-refractivity contribution < 1.29 is 14.6 Å². The zero-order valence-electron chi connectivity index (χ0n) is 11.7. The lowest BCUT2D eigenvalue weighted by molar-refractivity contribution is -0.0183. The fourth-order valence-electron chi connectivity index (χ4n) is 2.21. The van der Waals surface area contributed by atoms with Crippen molar-refractivity contribution in [2.24, 2.45) is 0 Å². The predicted molar refractivity (Wildman–Crippen MR) is 75.7 cm³/mol. The largest absolute Gasteiger partial charge is 0.394 e. The highest BCUT2D eigenvalue weighted by Gasteiger charge is 2.28. The lowest BCUT2D eigenvalue weighted by Gasteiger charge is -2.34. The number of pyridine rings is 1. The van der Waals surface area contributed by atoms with Crippen molar-refractivity contribution in [2.75, 3.05) is 38.2 Å². The van der Waals surface area contributed by atoms with Crippen molar-refractivity contribution in [3.8, 4) is 0 Å². The molecule has 1 atom stereocenters. The average molecular weight is 279 g/mol. The van der Waals surface area contributed by atoms with Crippen LogP contribution in [0.15, 0.2) is 18.5 Å². The van der Waals surface area contributed by atoms with E-state index in [1.54, 1.807) is 23.4 Å². The lowest BCUT2D eigenvalue weighted by atomic mass is 10.1. The third-order valence-electron chi connectivity index (χ3n) is 3.32. The molecule has 0 radical (unpaired) electrons. The zero-order chi connectivity index (χ0) is 14.4. The normalized spacial score (nSPS) is 18.9. The molecule has 20 heavy (non-hydrogen) atoms. The minimum absolute atomic E-state index is 0.0887. The maximum Gasteiger partial charge on any atom is 0.256 e. The van der Waals surface area contributed by atoms with E-state index in [4.69, 9.17) is 4.74 Å². The Morgan fingerprint density at radius 1 is 1.65 bits per heavy atom. The fourth-order valence-corrected chi connectivity index (χ4v) is 2.21. The Bertz CT molecular complexity index is 453. The van der Waals surface area contributed by atoms with Gasteiger partial charge in [-0.3, -0.25) is 9.78 Å². The molecule has 1 unspecified atom stereocenters. The molecule has 1 amide bonds. The number of anilines is 1. The molecule has 0 aliphatic carbocycles. The summed E-state index contributed by atoms with van der Waals surface area (Å²) in [7, 11) is 0. The van der Waals surface area contributed by atoms with E-state index in [2.05, 4.69) is 17.2 Å². The van der Waals surface area contributed by atoms with Gasteiger partial charge in [-0.2, -0.15) is 0 Å². The van der Waals surface area contributed by atoms with E-state index in [9.17, 15) is 9.90 Å². The van der Waals surface area contributed by atoms with Crippen LogP contribution in [-0.2, 0) is 4.74 Å². The van der Waals surface area contributed by atoms with Crippen LogP contribution < -0.4 is 5.32 Å². The molecule has 0 spiro atoms. The molecule has 6 heteroatoms. The lowest BCUT2D eigenvalue weighted by Crippen LogP contribution is -2.50. The topological polar surface area (TPSA) is 74.7 Å². The van der Waals surface area contributed by atoms with Gasteiger partial charge in [-0.05, 0) is 12.5 Å². The van der Waals surface area contributed by atoms with Gasteiger partial charge in [0.1, 0.15) is 0 Å². The molecule has 2 N–H and O–H groups in total. The first kappa shape index (κ1) is 14.7. The number of carbonyl (C=O) groups is 1. The Balaban J connectivity index is 2.19. The number of amides is 1. The summed E-state index contributed by atoms with van der Waals surface area (Å²) in [5.41, 5.74) is 1.33. The summed E-state index contributed by atoms with van der Waals surface area (Å²) in [5.74, 6) is -0.0895. The first-order valence-electron chi connectivity index (χ1n) is 6.95. The number of aliphatic hydroxyl groups excluding tert-OH is 1. The third kappa shape index (κ3) is 3.26. The van der Waals surface area contributed by atoms with E-state index < -0.39 is 0 Å². The van der Waals surface area contributed by atoms with Crippen molar-refractivity contribution in [3.63, 3.8) is 0 Å². The van der Waals surface area contributed by atoms with Crippen molar-refractivity contribution >= 4 is 11.6 Å². The Hall–Kier alpha value is -1.66. The van der Waals surface area contributed by atoms with E-state index in [1.165, 1.54) is 0 Å². The quantitative estimate of drug-likeness (QED) is 0.831. The zero-order valence-corrected chi connectivity index (χ0v) is 11.7. The first-order valence-corrected chi connectivity index (χ1v) is 6.95. The molecule has 1 fully saturated rings. The SMILES string of the molecule is CCCNc1cnccc1C(=O)N1CCOCC1CO. The molecular formula is C14H21N3O3. The van der Waals surface area contributed by atoms with Crippen molar-refractivity contribution in [1.29, 1.82) is 0 Å². The predicted octanol–water partition coefficient (Wildman–Crippen LogP) is 0.737. The fraction of sp³-hybridized carbons (Fsp3) is 0.571. The molecule has 1 aromatic heterocycles. The van der Waals surface area contributed by atoms with E-state index in [1.807, 2.05) is 0 Å². The van der Waals surface area contributed by atoms with Crippen LogP contribution in [0.25, 0.3) is 0 Å². The van der Waals surface area contributed by atoms with Gasteiger partial charge in [0.2, 0.25) is 0 Å². The highest BCUT2D eigenvalue weighted by molar-refractivity contribution is 5.99. The molecule has 0 bridgehead atoms. The molecule has 2 heterocycles. The van der Waals surface area contributed by atoms with E-state index >= 15 is 0 Å². The van der Waals surface area contributed by atoms with Crippen LogP contribution in [0.5, 0.6) is 0 Å². The van der Waals surface area contributed by atoms with Crippen LogP contribution in [0, 0.1) is 0 Å². The second-order valence-corrected chi connectivity index (χ2v) is 4.76. The van der Waals surface area contributed by atoms with Crippen LogP contribution in [-0.4, -0.2) is 59.8 Å². The molecule has 1 aliphatic heterocycles. The van der Waals surface area contributed by atoms with Gasteiger partial charge in [-0.25, -0.2) is 0 Å². The maximum absolute atomic E-state index is 12.6. The van der Waals surface area contributed by atoms with Gasteiger partial charge < -0.3 is 20.1 Å². The molecule has 2 rings (SSSR count). The second-order valence-electron chi connectivity index (χ2n) is 4.76. The van der Waals surface area contributed by atoms with Gasteiger partial charge in [0.25, 0.3) is 5.91 Å². The summed E-state index contributed by atoms with van der Waals surface area (Å²) >= 11 is 0. The van der Waals surface area contributed by atoms with Crippen LogP contribution in [0.2, 0.25) is 0 Å². The Labute approximate surface area is 118 Å². The number of carbonyl (C=O) groups excluding carboxylic acids is 1. The molecular weight excluding hydrogens is 258 g/mol. The van der Waals surface area contributed by atoms with E-state index in [0.29, 0.717) is 25.3 Å². The number of hydrogen-bond donors (Lipinski definition) is 2. The number of nitrogens with one attached hydrogen (secondary N) is 1. The molecule has 1 aliphatic rings. The number of aromatic nitrogens is 1. The summed E-state index contributed by atoms with van der Waals surface area (Å²) in [6, 6.07) is 1.44. The Kier molecular flexibility index (Phi) is 5.31.